The molecule has 0 fully saturated rings. The van der Waals surface area contributed by atoms with Gasteiger partial charge in [0.1, 0.15) is 5.69 Å². The third-order valence-corrected chi connectivity index (χ3v) is 5.86. The van der Waals surface area contributed by atoms with Gasteiger partial charge in [0.05, 0.1) is 6.61 Å². The van der Waals surface area contributed by atoms with Crippen LogP contribution >= 0.6 is 0 Å². The van der Waals surface area contributed by atoms with Crippen LogP contribution in [0.2, 0.25) is 25.7 Å². The van der Waals surface area contributed by atoms with E-state index in [-0.39, 0.29) is 12.4 Å². The Kier molecular flexibility index (Phi) is 6.31. The second kappa shape index (κ2) is 7.90. The van der Waals surface area contributed by atoms with Crippen molar-refractivity contribution >= 4 is 25.9 Å². The molecule has 0 N–H and O–H groups in total. The Bertz CT molecular complexity index is 696. The van der Waals surface area contributed by atoms with E-state index >= 15 is 0 Å². The van der Waals surface area contributed by atoms with E-state index in [1.807, 2.05) is 13.8 Å². The summed E-state index contributed by atoms with van der Waals surface area (Å²) in [5.41, 5.74) is 0.702. The van der Waals surface area contributed by atoms with Crippen molar-refractivity contribution in [3.63, 3.8) is 0 Å². The summed E-state index contributed by atoms with van der Waals surface area (Å²) in [6, 6.07) is 1.01. The highest BCUT2D eigenvalue weighted by molar-refractivity contribution is 6.76. The van der Waals surface area contributed by atoms with E-state index in [0.29, 0.717) is 36.8 Å². The van der Waals surface area contributed by atoms with E-state index in [0.717, 1.165) is 18.9 Å². The third-order valence-electron chi connectivity index (χ3n) is 4.16. The summed E-state index contributed by atoms with van der Waals surface area (Å²) < 4.78 is 6.43. The van der Waals surface area contributed by atoms with E-state index < -0.39 is 12.7 Å². The zero-order chi connectivity index (χ0) is 18.7. The Labute approximate surface area is 150 Å². The predicted molar refractivity (Wildman–Crippen MR) is 105 cm³/mol. The minimum Gasteiger partial charge on any atom is -0.619 e. The molecule has 1 aromatic heterocycles. The van der Waals surface area contributed by atoms with Crippen molar-refractivity contribution in [2.75, 3.05) is 13.3 Å². The maximum Gasteiger partial charge on any atom is 0.349 e. The molecule has 1 unspecified atom stereocenters. The molecule has 8 heteroatoms. The highest BCUT2D eigenvalue weighted by Gasteiger charge is 2.35. The van der Waals surface area contributed by atoms with Gasteiger partial charge >= 0.3 is 5.69 Å². The van der Waals surface area contributed by atoms with Crippen LogP contribution in [0.4, 0.5) is 11.5 Å². The molecular formula is C17H30N4O3Si. The van der Waals surface area contributed by atoms with Crippen molar-refractivity contribution in [3.05, 3.63) is 21.4 Å². The van der Waals surface area contributed by atoms with Gasteiger partial charge in [-0.25, -0.2) is 4.79 Å². The van der Waals surface area contributed by atoms with Crippen molar-refractivity contribution < 1.29 is 4.74 Å². The molecule has 1 aliphatic heterocycles. The van der Waals surface area contributed by atoms with Crippen LogP contribution in [0.15, 0.2) is 9.79 Å². The number of fused-ring (bicyclic) bond motifs is 1. The Balaban J connectivity index is 2.30. The summed E-state index contributed by atoms with van der Waals surface area (Å²) in [7, 11) is -1.21. The smallest absolute Gasteiger partial charge is 0.349 e. The Morgan fingerprint density at radius 2 is 2.00 bits per heavy atom. The van der Waals surface area contributed by atoms with Gasteiger partial charge in [0, 0.05) is 14.6 Å². The molecule has 2 rings (SSSR count). The summed E-state index contributed by atoms with van der Waals surface area (Å²) in [6.45, 7) is 11.9. The van der Waals surface area contributed by atoms with Crippen molar-refractivity contribution in [1.82, 2.24) is 14.2 Å². The lowest BCUT2D eigenvalue weighted by molar-refractivity contribution is 0.0976. The highest BCUT2D eigenvalue weighted by Crippen LogP contribution is 2.39. The first-order valence-corrected chi connectivity index (χ1v) is 12.8. The van der Waals surface area contributed by atoms with Crippen molar-refractivity contribution in [3.8, 4) is 0 Å². The first kappa shape index (κ1) is 20.0. The standard InChI is InChI=1S/C17H30N4O3Si/c1-6-8-14-15-16(20(9-7-2)17(22)19-14)18-12-21(15,23)13-24-10-11-25(3,4)5/h12H,6-11,13H2,1-5H3. The molecule has 25 heavy (non-hydrogen) atoms. The third kappa shape index (κ3) is 4.63. The molecule has 1 atom stereocenters. The summed E-state index contributed by atoms with van der Waals surface area (Å²) in [5, 5.41) is 13.3. The van der Waals surface area contributed by atoms with Crippen LogP contribution in [0.25, 0.3) is 0 Å². The molecular weight excluding hydrogens is 336 g/mol. The van der Waals surface area contributed by atoms with Gasteiger partial charge in [-0.3, -0.25) is 9.21 Å². The molecule has 1 aliphatic rings. The van der Waals surface area contributed by atoms with E-state index in [2.05, 4.69) is 29.6 Å². The van der Waals surface area contributed by atoms with Crippen LogP contribution in [-0.2, 0) is 17.7 Å². The highest BCUT2D eigenvalue weighted by atomic mass is 28.3. The van der Waals surface area contributed by atoms with E-state index in [1.54, 1.807) is 0 Å². The Morgan fingerprint density at radius 1 is 1.28 bits per heavy atom. The topological polar surface area (TPSA) is 79.5 Å². The second-order valence-corrected chi connectivity index (χ2v) is 13.4. The average Bonchev–Trinajstić information content (AvgIpc) is 2.85. The van der Waals surface area contributed by atoms with Gasteiger partial charge in [0.2, 0.25) is 11.5 Å². The molecule has 7 nitrogen and oxygen atoms in total. The minimum atomic E-state index is -1.21. The van der Waals surface area contributed by atoms with Crippen LogP contribution in [0.3, 0.4) is 0 Å². The average molecular weight is 367 g/mol. The fourth-order valence-corrected chi connectivity index (χ4v) is 3.57. The number of aromatic nitrogens is 2. The molecule has 0 bridgehead atoms. The van der Waals surface area contributed by atoms with Crippen molar-refractivity contribution in [2.45, 2.75) is 65.3 Å². The molecule has 2 heterocycles. The maximum absolute atomic E-state index is 13.3. The predicted octanol–water partition coefficient (Wildman–Crippen LogP) is 3.40. The molecule has 0 radical (unpaired) electrons. The van der Waals surface area contributed by atoms with Crippen molar-refractivity contribution in [1.29, 1.82) is 0 Å². The lowest BCUT2D eigenvalue weighted by atomic mass is 10.2. The Morgan fingerprint density at radius 3 is 2.60 bits per heavy atom. The zero-order valence-corrected chi connectivity index (χ0v) is 17.0. The molecule has 0 saturated heterocycles. The zero-order valence-electron chi connectivity index (χ0n) is 16.0. The number of quaternary nitrogens is 1. The van der Waals surface area contributed by atoms with Gasteiger partial charge in [-0.1, -0.05) is 39.9 Å². The summed E-state index contributed by atoms with van der Waals surface area (Å²) in [6.07, 6.45) is 3.52. The Hall–Kier alpha value is -1.35. The van der Waals surface area contributed by atoms with E-state index in [1.165, 1.54) is 10.9 Å². The largest absolute Gasteiger partial charge is 0.619 e. The number of aliphatic imine (C=N–C) groups is 1. The number of ether oxygens (including phenoxy) is 1. The van der Waals surface area contributed by atoms with Crippen LogP contribution in [-0.4, -0.2) is 37.3 Å². The SMILES string of the molecule is CCCc1nc(=O)n(CCC)c2c1[N+]([O-])(COCC[Si](C)(C)C)C=N2. The first-order chi connectivity index (χ1) is 11.7. The number of nitrogens with zero attached hydrogens (tertiary/aromatic N) is 4. The van der Waals surface area contributed by atoms with Gasteiger partial charge in [-0.2, -0.15) is 9.98 Å². The lowest BCUT2D eigenvalue weighted by Crippen LogP contribution is -2.44. The number of hydrogen-bond donors (Lipinski definition) is 0. The van der Waals surface area contributed by atoms with Gasteiger partial charge in [0.25, 0.3) is 0 Å². The fraction of sp³-hybridized carbons (Fsp3) is 0.706. The summed E-state index contributed by atoms with van der Waals surface area (Å²) in [4.78, 5) is 20.8. The second-order valence-electron chi connectivity index (χ2n) is 7.80. The molecule has 1 aromatic rings. The number of rotatable bonds is 9. The molecule has 0 aliphatic carbocycles. The maximum atomic E-state index is 13.3. The monoisotopic (exact) mass is 366 g/mol. The normalized spacial score (nSPS) is 19.4. The van der Waals surface area contributed by atoms with Gasteiger partial charge in [0.15, 0.2) is 13.1 Å². The quantitative estimate of drug-likeness (QED) is 0.290. The summed E-state index contributed by atoms with van der Waals surface area (Å²) >= 11 is 0. The van der Waals surface area contributed by atoms with Crippen LogP contribution < -0.4 is 10.3 Å². The minimum absolute atomic E-state index is 0.0241. The van der Waals surface area contributed by atoms with Gasteiger partial charge in [-0.05, 0) is 18.9 Å². The van der Waals surface area contributed by atoms with Gasteiger partial charge < -0.3 is 9.94 Å². The number of aryl methyl sites for hydroxylation is 1. The molecule has 0 aromatic carbocycles. The van der Waals surface area contributed by atoms with E-state index in [4.69, 9.17) is 4.74 Å². The lowest BCUT2D eigenvalue weighted by Gasteiger charge is -2.35. The van der Waals surface area contributed by atoms with Crippen LogP contribution in [0.5, 0.6) is 0 Å². The first-order valence-electron chi connectivity index (χ1n) is 9.08. The van der Waals surface area contributed by atoms with E-state index in [9.17, 15) is 10.0 Å². The van der Waals surface area contributed by atoms with Crippen LogP contribution in [0, 0.1) is 5.21 Å². The number of hydroxylamine groups is 2. The van der Waals surface area contributed by atoms with Crippen molar-refractivity contribution in [2.24, 2.45) is 4.99 Å². The van der Waals surface area contributed by atoms with Gasteiger partial charge in [-0.15, -0.1) is 0 Å². The molecule has 0 amide bonds. The molecule has 140 valence electrons. The fourth-order valence-electron chi connectivity index (χ4n) is 2.81. The number of hydrogen-bond acceptors (Lipinski definition) is 5. The molecule has 0 spiro atoms. The summed E-state index contributed by atoms with van der Waals surface area (Å²) in [5.74, 6) is 0.453. The van der Waals surface area contributed by atoms with Crippen LogP contribution in [0.1, 0.15) is 32.4 Å². The molecule has 0 saturated carbocycles.